The first kappa shape index (κ1) is 17.4. The van der Waals surface area contributed by atoms with E-state index in [4.69, 9.17) is 40.2 Å². The van der Waals surface area contributed by atoms with E-state index in [2.05, 4.69) is 0 Å². The minimum Gasteiger partial charge on any atom is -1.00 e. The van der Waals surface area contributed by atoms with E-state index >= 15 is 0 Å². The van der Waals surface area contributed by atoms with Crippen molar-refractivity contribution in [3.05, 3.63) is 67.7 Å². The highest BCUT2D eigenvalue weighted by Crippen LogP contribution is 2.28. The molecule has 0 saturated heterocycles. The molecule has 1 aromatic heterocycles. The van der Waals surface area contributed by atoms with Crippen molar-refractivity contribution in [3.8, 4) is 16.9 Å². The number of aromatic nitrogens is 1. The van der Waals surface area contributed by atoms with Crippen molar-refractivity contribution in [1.29, 1.82) is 5.41 Å². The summed E-state index contributed by atoms with van der Waals surface area (Å²) in [4.78, 5) is 0.415. The van der Waals surface area contributed by atoms with Crippen LogP contribution in [0.15, 0.2) is 47.8 Å². The number of benzene rings is 2. The van der Waals surface area contributed by atoms with Gasteiger partial charge < -0.3 is 12.4 Å². The third-order valence-corrected chi connectivity index (χ3v) is 4.77. The Balaban J connectivity index is 0.00000176. The van der Waals surface area contributed by atoms with Gasteiger partial charge in [0.05, 0.1) is 21.4 Å². The van der Waals surface area contributed by atoms with Crippen molar-refractivity contribution in [3.63, 3.8) is 0 Å². The normalized spacial score (nSPS) is 10.3. The molecule has 0 atom stereocenters. The van der Waals surface area contributed by atoms with Gasteiger partial charge >= 0.3 is 0 Å². The minimum absolute atomic E-state index is 0. The number of rotatable bonds is 2. The molecule has 2 aromatic carbocycles. The van der Waals surface area contributed by atoms with Crippen LogP contribution < -0.4 is 17.2 Å². The van der Waals surface area contributed by atoms with Crippen LogP contribution in [0.2, 0.25) is 15.1 Å². The van der Waals surface area contributed by atoms with E-state index < -0.39 is 0 Å². The van der Waals surface area contributed by atoms with Crippen LogP contribution in [0, 0.1) is 5.41 Å². The van der Waals surface area contributed by atoms with Crippen molar-refractivity contribution in [2.75, 3.05) is 0 Å². The summed E-state index contributed by atoms with van der Waals surface area (Å²) in [5.41, 5.74) is 2.71. The lowest BCUT2D eigenvalue weighted by molar-refractivity contribution is -0.00000404. The molecule has 114 valence electrons. The zero-order valence-electron chi connectivity index (χ0n) is 11.0. The van der Waals surface area contributed by atoms with Crippen molar-refractivity contribution < 1.29 is 12.4 Å². The molecule has 1 N–H and O–H groups in total. The number of nitrogens with zero attached hydrogens (tertiary/aromatic N) is 1. The van der Waals surface area contributed by atoms with Gasteiger partial charge in [-0.05, 0) is 35.9 Å². The summed E-state index contributed by atoms with van der Waals surface area (Å²) in [6, 6.07) is 12.9. The summed E-state index contributed by atoms with van der Waals surface area (Å²) in [6.07, 6.45) is 0. The topological polar surface area (TPSA) is 28.8 Å². The first-order chi connectivity index (χ1) is 10.1. The Morgan fingerprint density at radius 3 is 2.23 bits per heavy atom. The summed E-state index contributed by atoms with van der Waals surface area (Å²) in [7, 11) is 0. The zero-order chi connectivity index (χ0) is 15.0. The van der Waals surface area contributed by atoms with E-state index in [1.807, 2.05) is 40.3 Å². The second-order valence-electron chi connectivity index (χ2n) is 4.37. The largest absolute Gasteiger partial charge is 1.00 e. The van der Waals surface area contributed by atoms with Crippen LogP contribution in [0.1, 0.15) is 0 Å². The van der Waals surface area contributed by atoms with E-state index in [0.717, 1.165) is 16.9 Å². The monoisotopic (exact) mass is 389 g/mol. The molecule has 2 nitrogen and oxygen atoms in total. The first-order valence-electron chi connectivity index (χ1n) is 6.03. The Bertz CT molecular complexity index is 853. The lowest BCUT2D eigenvalue weighted by Gasteiger charge is -2.10. The van der Waals surface area contributed by atoms with Gasteiger partial charge in [-0.3, -0.25) is 9.98 Å². The predicted molar refractivity (Wildman–Crippen MR) is 90.0 cm³/mol. The lowest BCUT2D eigenvalue weighted by atomic mass is 10.1. The van der Waals surface area contributed by atoms with Gasteiger partial charge in [0.15, 0.2) is 4.80 Å². The van der Waals surface area contributed by atoms with Gasteiger partial charge in [-0.1, -0.05) is 46.9 Å². The van der Waals surface area contributed by atoms with E-state index in [1.165, 1.54) is 11.3 Å². The molecular formula is C15H9Cl4N2S-. The molecule has 0 aliphatic rings. The molecule has 0 bridgehead atoms. The molecule has 0 aliphatic heterocycles. The third-order valence-electron chi connectivity index (χ3n) is 3.03. The molecule has 0 radical (unpaired) electrons. The fourth-order valence-electron chi connectivity index (χ4n) is 2.02. The maximum absolute atomic E-state index is 8.12. The molecule has 7 heteroatoms. The lowest BCUT2D eigenvalue weighted by Crippen LogP contribution is -3.00. The van der Waals surface area contributed by atoms with Gasteiger partial charge in [0.1, 0.15) is 0 Å². The zero-order valence-corrected chi connectivity index (χ0v) is 14.8. The Morgan fingerprint density at radius 1 is 0.909 bits per heavy atom. The third kappa shape index (κ3) is 3.34. The van der Waals surface area contributed by atoms with Crippen LogP contribution in [0.25, 0.3) is 16.9 Å². The van der Waals surface area contributed by atoms with Crippen molar-refractivity contribution in [2.45, 2.75) is 0 Å². The van der Waals surface area contributed by atoms with E-state index in [9.17, 15) is 0 Å². The summed E-state index contributed by atoms with van der Waals surface area (Å²) in [5, 5.41) is 11.7. The van der Waals surface area contributed by atoms with Crippen LogP contribution >= 0.6 is 46.1 Å². The molecule has 0 aliphatic carbocycles. The molecule has 0 amide bonds. The highest BCUT2D eigenvalue weighted by Gasteiger charge is 2.10. The Hall–Kier alpha value is -0.970. The number of halogens is 4. The SMILES string of the molecule is N=c1scc(-c2ccc(Cl)cc2)n1-c1ccc(Cl)c(Cl)c1.[Cl-]. The summed E-state index contributed by atoms with van der Waals surface area (Å²) >= 11 is 19.3. The van der Waals surface area contributed by atoms with E-state index in [1.54, 1.807) is 12.1 Å². The standard InChI is InChI=1S/C15H9Cl3N2S.ClH/c16-10-3-1-9(2-4-10)14-8-21-15(19)20(14)11-5-6-12(17)13(18)7-11;/h1-8,19H;1H/p-1. The first-order valence-corrected chi connectivity index (χ1v) is 8.04. The molecule has 0 unspecified atom stereocenters. The molecule has 3 aromatic rings. The van der Waals surface area contributed by atoms with Gasteiger partial charge in [-0.2, -0.15) is 0 Å². The molecule has 3 rings (SSSR count). The van der Waals surface area contributed by atoms with Crippen LogP contribution in [0.3, 0.4) is 0 Å². The number of hydrogen-bond donors (Lipinski definition) is 1. The van der Waals surface area contributed by atoms with Crippen LogP contribution in [0.5, 0.6) is 0 Å². The summed E-state index contributed by atoms with van der Waals surface area (Å²) < 4.78 is 1.83. The average molecular weight is 391 g/mol. The molecule has 0 fully saturated rings. The molecule has 0 saturated carbocycles. The van der Waals surface area contributed by atoms with Gasteiger partial charge in [0, 0.05) is 10.4 Å². The highest BCUT2D eigenvalue weighted by atomic mass is 35.5. The Morgan fingerprint density at radius 2 is 1.59 bits per heavy atom. The van der Waals surface area contributed by atoms with Crippen molar-refractivity contribution >= 4 is 46.1 Å². The van der Waals surface area contributed by atoms with Gasteiger partial charge in [0.2, 0.25) is 0 Å². The molecule has 0 spiro atoms. The Labute approximate surface area is 152 Å². The minimum atomic E-state index is 0. The van der Waals surface area contributed by atoms with Gasteiger partial charge in [-0.25, -0.2) is 0 Å². The predicted octanol–water partition coefficient (Wildman–Crippen LogP) is 2.65. The van der Waals surface area contributed by atoms with Crippen molar-refractivity contribution in [2.24, 2.45) is 0 Å². The van der Waals surface area contributed by atoms with E-state index in [-0.39, 0.29) is 12.4 Å². The maximum atomic E-state index is 8.12. The molecule has 1 heterocycles. The second kappa shape index (κ2) is 7.07. The maximum Gasteiger partial charge on any atom is 0.187 e. The number of thiazole rings is 1. The van der Waals surface area contributed by atoms with Crippen molar-refractivity contribution in [1.82, 2.24) is 4.57 Å². The summed E-state index contributed by atoms with van der Waals surface area (Å²) in [6.45, 7) is 0. The molecular weight excluding hydrogens is 382 g/mol. The fourth-order valence-corrected chi connectivity index (χ4v) is 3.22. The second-order valence-corrected chi connectivity index (χ2v) is 6.48. The quantitative estimate of drug-likeness (QED) is 0.696. The van der Waals surface area contributed by atoms with Crippen LogP contribution in [-0.2, 0) is 0 Å². The summed E-state index contributed by atoms with van der Waals surface area (Å²) in [5.74, 6) is 0. The number of hydrogen-bond acceptors (Lipinski definition) is 2. The van der Waals surface area contributed by atoms with Gasteiger partial charge in [0.25, 0.3) is 0 Å². The smallest absolute Gasteiger partial charge is 0.187 e. The van der Waals surface area contributed by atoms with Crippen LogP contribution in [0.4, 0.5) is 0 Å². The Kier molecular flexibility index (Phi) is 5.59. The van der Waals surface area contributed by atoms with Crippen LogP contribution in [-0.4, -0.2) is 4.57 Å². The average Bonchev–Trinajstić information content (AvgIpc) is 2.85. The highest BCUT2D eigenvalue weighted by molar-refractivity contribution is 7.07. The van der Waals surface area contributed by atoms with E-state index in [0.29, 0.717) is 19.9 Å². The number of nitrogens with one attached hydrogen (secondary N) is 1. The fraction of sp³-hybridized carbons (Fsp3) is 0. The molecule has 22 heavy (non-hydrogen) atoms. The van der Waals surface area contributed by atoms with Gasteiger partial charge in [-0.15, -0.1) is 11.3 Å².